The maximum Gasteiger partial charge on any atom is 0.354 e. The number of benzene rings is 2. The van der Waals surface area contributed by atoms with E-state index in [1.165, 1.54) is 38.3 Å². The molecule has 1 aliphatic rings. The molecule has 0 unspecified atom stereocenters. The summed E-state index contributed by atoms with van der Waals surface area (Å²) in [6, 6.07) is 13.7. The topological polar surface area (TPSA) is 131 Å². The Balaban J connectivity index is 2.02. The molecule has 2 aromatic carbocycles. The van der Waals surface area contributed by atoms with Gasteiger partial charge < -0.3 is 14.8 Å². The zero-order valence-electron chi connectivity index (χ0n) is 17.3. The van der Waals surface area contributed by atoms with E-state index < -0.39 is 34.5 Å². The van der Waals surface area contributed by atoms with E-state index >= 15 is 0 Å². The molecule has 2 aromatic rings. The molecule has 0 aliphatic carbocycles. The van der Waals surface area contributed by atoms with Gasteiger partial charge in [-0.15, -0.1) is 0 Å². The number of carbonyl (C=O) groups excluding carboxylic acids is 3. The van der Waals surface area contributed by atoms with Gasteiger partial charge in [-0.25, -0.2) is 13.8 Å². The zero-order valence-corrected chi connectivity index (χ0v) is 18.1. The number of carbonyl (C=O) groups is 3. The van der Waals surface area contributed by atoms with E-state index in [4.69, 9.17) is 4.74 Å². The van der Waals surface area contributed by atoms with E-state index in [9.17, 15) is 22.8 Å². The van der Waals surface area contributed by atoms with Crippen molar-refractivity contribution >= 4 is 39.8 Å². The van der Waals surface area contributed by atoms with Crippen LogP contribution in [0.4, 0.5) is 5.69 Å². The fraction of sp³-hybridized carbons (Fsp3) is 0.190. The van der Waals surface area contributed by atoms with Gasteiger partial charge in [-0.3, -0.25) is 9.59 Å². The maximum absolute atomic E-state index is 12.3. The summed E-state index contributed by atoms with van der Waals surface area (Å²) in [5.41, 5.74) is 1.32. The second-order valence-corrected chi connectivity index (χ2v) is 8.36. The van der Waals surface area contributed by atoms with Gasteiger partial charge in [0, 0.05) is 6.92 Å². The summed E-state index contributed by atoms with van der Waals surface area (Å²) in [5, 5.41) is 2.39. The van der Waals surface area contributed by atoms with Crippen LogP contribution in [0.25, 0.3) is 6.08 Å². The molecule has 0 spiro atoms. The predicted octanol–water partition coefficient (Wildman–Crippen LogP) is 1.10. The first-order valence-corrected chi connectivity index (χ1v) is 10.9. The average Bonchev–Trinajstić information content (AvgIpc) is 3.03. The highest BCUT2D eigenvalue weighted by Crippen LogP contribution is 2.33. The Morgan fingerprint density at radius 3 is 2.50 bits per heavy atom. The van der Waals surface area contributed by atoms with Crippen LogP contribution >= 0.6 is 0 Å². The zero-order chi connectivity index (χ0) is 23.3. The van der Waals surface area contributed by atoms with Crippen LogP contribution in [0.3, 0.4) is 0 Å². The van der Waals surface area contributed by atoms with Gasteiger partial charge in [0.1, 0.15) is 24.6 Å². The predicted molar refractivity (Wildman–Crippen MR) is 115 cm³/mol. The van der Waals surface area contributed by atoms with Crippen LogP contribution in [0.1, 0.15) is 18.1 Å². The molecule has 2 N–H and O–H groups in total. The minimum atomic E-state index is -4.06. The second-order valence-electron chi connectivity index (χ2n) is 6.77. The summed E-state index contributed by atoms with van der Waals surface area (Å²) in [7, 11) is -2.88. The Kier molecular flexibility index (Phi) is 6.79. The molecular formula is C21H21N3O7S. The van der Waals surface area contributed by atoms with Crippen LogP contribution in [0, 0.1) is 0 Å². The number of esters is 1. The molecule has 1 aliphatic heterocycles. The molecule has 1 fully saturated rings. The number of amides is 2. The Labute approximate surface area is 185 Å². The molecule has 10 nitrogen and oxygen atoms in total. The van der Waals surface area contributed by atoms with Crippen LogP contribution in [0.5, 0.6) is 5.75 Å². The standard InChI is InChI=1S/C21H21N3O7S/c1-14(25)22-17(21(27)30-2)10-16-8-9-18(24-12-20(26)23-32(24,28)29)19(11-16)31-13-15-6-4-3-5-7-15/h3-11H,12-13H2,1-2H3,(H,22,25)(H,23,26)/b17-10+. The molecule has 0 aromatic heterocycles. The number of hydrogen-bond acceptors (Lipinski definition) is 7. The SMILES string of the molecule is COC(=O)/C(=C\c1ccc(N2CC(=O)NS2(=O)=O)c(OCc2ccccc2)c1)NC(C)=O. The molecule has 3 rings (SSSR count). The quantitative estimate of drug-likeness (QED) is 0.468. The van der Waals surface area contributed by atoms with Gasteiger partial charge in [0.05, 0.1) is 12.8 Å². The summed E-state index contributed by atoms with van der Waals surface area (Å²) < 4.78 is 38.0. The van der Waals surface area contributed by atoms with Crippen LogP contribution in [-0.4, -0.2) is 39.9 Å². The number of nitrogens with zero attached hydrogens (tertiary/aromatic N) is 1. The lowest BCUT2D eigenvalue weighted by Gasteiger charge is -2.19. The highest BCUT2D eigenvalue weighted by molar-refractivity contribution is 7.92. The Morgan fingerprint density at radius 1 is 1.19 bits per heavy atom. The first-order valence-electron chi connectivity index (χ1n) is 9.41. The fourth-order valence-electron chi connectivity index (χ4n) is 2.95. The minimum absolute atomic E-state index is 0.104. The van der Waals surface area contributed by atoms with Gasteiger partial charge >= 0.3 is 16.2 Å². The van der Waals surface area contributed by atoms with Crippen LogP contribution in [0.15, 0.2) is 54.2 Å². The number of rotatable bonds is 7. The van der Waals surface area contributed by atoms with Crippen molar-refractivity contribution in [1.82, 2.24) is 10.0 Å². The van der Waals surface area contributed by atoms with E-state index in [0.29, 0.717) is 5.56 Å². The van der Waals surface area contributed by atoms with Crippen LogP contribution < -0.4 is 19.1 Å². The van der Waals surface area contributed by atoms with Crippen molar-refractivity contribution < 1.29 is 32.3 Å². The average molecular weight is 459 g/mol. The third kappa shape index (κ3) is 5.43. The molecule has 0 radical (unpaired) electrons. The molecule has 0 saturated carbocycles. The van der Waals surface area contributed by atoms with E-state index in [2.05, 4.69) is 10.1 Å². The first-order chi connectivity index (χ1) is 15.2. The van der Waals surface area contributed by atoms with Crippen molar-refractivity contribution in [1.29, 1.82) is 0 Å². The fourth-order valence-corrected chi connectivity index (χ4v) is 4.11. The maximum atomic E-state index is 12.3. The van der Waals surface area contributed by atoms with E-state index in [0.717, 1.165) is 9.87 Å². The highest BCUT2D eigenvalue weighted by Gasteiger charge is 2.35. The normalized spacial score (nSPS) is 15.1. The van der Waals surface area contributed by atoms with Crippen molar-refractivity contribution in [2.24, 2.45) is 0 Å². The van der Waals surface area contributed by atoms with E-state index in [1.807, 2.05) is 35.1 Å². The molecule has 168 valence electrons. The minimum Gasteiger partial charge on any atom is -0.487 e. The lowest BCUT2D eigenvalue weighted by atomic mass is 10.1. The van der Waals surface area contributed by atoms with Gasteiger partial charge in [-0.05, 0) is 29.3 Å². The lowest BCUT2D eigenvalue weighted by Crippen LogP contribution is -2.29. The molecule has 0 atom stereocenters. The van der Waals surface area contributed by atoms with Crippen molar-refractivity contribution in [3.05, 3.63) is 65.4 Å². The summed E-state index contributed by atoms with van der Waals surface area (Å²) in [6.45, 7) is 0.987. The highest BCUT2D eigenvalue weighted by atomic mass is 32.2. The largest absolute Gasteiger partial charge is 0.487 e. The first kappa shape index (κ1) is 22.8. The summed E-state index contributed by atoms with van der Waals surface area (Å²) in [4.78, 5) is 35.1. The molecule has 32 heavy (non-hydrogen) atoms. The van der Waals surface area contributed by atoms with Crippen LogP contribution in [0.2, 0.25) is 0 Å². The van der Waals surface area contributed by atoms with Crippen molar-refractivity contribution in [3.8, 4) is 5.75 Å². The summed E-state index contributed by atoms with van der Waals surface area (Å²) in [5.74, 6) is -1.73. The number of hydrogen-bond donors (Lipinski definition) is 2. The third-order valence-electron chi connectivity index (χ3n) is 4.34. The number of nitrogens with one attached hydrogen (secondary N) is 2. The number of methoxy groups -OCH3 is 1. The van der Waals surface area contributed by atoms with Crippen LogP contribution in [-0.2, 0) is 35.9 Å². The van der Waals surface area contributed by atoms with Gasteiger partial charge in [-0.1, -0.05) is 36.4 Å². The van der Waals surface area contributed by atoms with Crippen molar-refractivity contribution in [2.75, 3.05) is 18.0 Å². The second kappa shape index (κ2) is 9.52. The van der Waals surface area contributed by atoms with Crippen molar-refractivity contribution in [3.63, 3.8) is 0 Å². The molecule has 0 bridgehead atoms. The van der Waals surface area contributed by atoms with Gasteiger partial charge in [0.25, 0.3) is 5.91 Å². The summed E-state index contributed by atoms with van der Waals surface area (Å²) >= 11 is 0. The molecule has 1 heterocycles. The van der Waals surface area contributed by atoms with Gasteiger partial charge in [0.15, 0.2) is 0 Å². The Morgan fingerprint density at radius 2 is 1.91 bits per heavy atom. The van der Waals surface area contributed by atoms with Gasteiger partial charge in [0.2, 0.25) is 5.91 Å². The van der Waals surface area contributed by atoms with E-state index in [1.54, 1.807) is 0 Å². The Bertz CT molecular complexity index is 1180. The van der Waals surface area contributed by atoms with Gasteiger partial charge in [-0.2, -0.15) is 8.42 Å². The molecule has 1 saturated heterocycles. The third-order valence-corrected chi connectivity index (χ3v) is 5.73. The number of ether oxygens (including phenoxy) is 2. The lowest BCUT2D eigenvalue weighted by molar-refractivity contribution is -0.137. The molecule has 2 amide bonds. The van der Waals surface area contributed by atoms with E-state index in [-0.39, 0.29) is 23.7 Å². The summed E-state index contributed by atoms with van der Waals surface area (Å²) in [6.07, 6.45) is 1.37. The molecule has 11 heteroatoms. The number of anilines is 1. The van der Waals surface area contributed by atoms with Crippen molar-refractivity contribution in [2.45, 2.75) is 13.5 Å². The smallest absolute Gasteiger partial charge is 0.354 e. The molecular weight excluding hydrogens is 438 g/mol. The Hall–Kier alpha value is -3.86. The monoisotopic (exact) mass is 459 g/mol.